The van der Waals surface area contributed by atoms with Crippen molar-refractivity contribution < 1.29 is 34.4 Å². The molecule has 0 aliphatic carbocycles. The SMILES string of the molecule is COc1c(Cl)cc(/C(O)=C2\C(=O)C(=O)N(c3ccccc3O)C2c2cccc(O)c2)c(OC)c1Cl. The van der Waals surface area contributed by atoms with E-state index in [0.717, 1.165) is 4.90 Å². The average Bonchev–Trinajstić information content (AvgIpc) is 3.09. The summed E-state index contributed by atoms with van der Waals surface area (Å²) < 4.78 is 10.5. The van der Waals surface area contributed by atoms with Gasteiger partial charge < -0.3 is 24.8 Å². The van der Waals surface area contributed by atoms with E-state index < -0.39 is 23.5 Å². The van der Waals surface area contributed by atoms with E-state index >= 15 is 0 Å². The molecule has 0 radical (unpaired) electrons. The molecule has 0 bridgehead atoms. The Morgan fingerprint density at radius 3 is 2.26 bits per heavy atom. The minimum atomic E-state index is -1.21. The zero-order chi connectivity index (χ0) is 25.4. The molecule has 3 aromatic carbocycles. The molecule has 1 atom stereocenters. The normalized spacial score (nSPS) is 17.0. The highest BCUT2D eigenvalue weighted by molar-refractivity contribution is 6.52. The standard InChI is InChI=1S/C25H19Cl2NO7/c1-34-23-14(11-15(26)24(35-2)19(23)27)21(31)18-20(12-6-5-7-13(29)10-12)28(25(33)22(18)32)16-8-3-4-9-17(16)30/h3-11,20,29-31H,1-2H3/b21-18+. The number of amides is 1. The molecule has 0 saturated carbocycles. The molecule has 1 saturated heterocycles. The molecule has 1 fully saturated rings. The fraction of sp³-hybridized carbons (Fsp3) is 0.120. The number of para-hydroxylation sites is 2. The number of ketones is 1. The van der Waals surface area contributed by atoms with Crippen molar-refractivity contribution >= 4 is 46.3 Å². The number of hydrogen-bond donors (Lipinski definition) is 3. The maximum Gasteiger partial charge on any atom is 0.300 e. The highest BCUT2D eigenvalue weighted by Crippen LogP contribution is 2.49. The van der Waals surface area contributed by atoms with Gasteiger partial charge in [0.05, 0.1) is 42.1 Å². The van der Waals surface area contributed by atoms with Gasteiger partial charge >= 0.3 is 0 Å². The lowest BCUT2D eigenvalue weighted by Crippen LogP contribution is -2.29. The molecule has 0 spiro atoms. The third-order valence-electron chi connectivity index (χ3n) is 5.57. The largest absolute Gasteiger partial charge is 0.508 e. The molecule has 180 valence electrons. The Balaban J connectivity index is 2.04. The Labute approximate surface area is 210 Å². The fourth-order valence-corrected chi connectivity index (χ4v) is 4.74. The van der Waals surface area contributed by atoms with E-state index in [1.807, 2.05) is 0 Å². The molecule has 1 unspecified atom stereocenters. The van der Waals surface area contributed by atoms with Crippen molar-refractivity contribution in [2.24, 2.45) is 0 Å². The van der Waals surface area contributed by atoms with Crippen LogP contribution in [0.5, 0.6) is 23.0 Å². The van der Waals surface area contributed by atoms with E-state index in [1.165, 1.54) is 50.6 Å². The number of ether oxygens (including phenoxy) is 2. The van der Waals surface area contributed by atoms with Crippen molar-refractivity contribution in [2.75, 3.05) is 19.1 Å². The van der Waals surface area contributed by atoms with Gasteiger partial charge in [-0.15, -0.1) is 0 Å². The number of anilines is 1. The van der Waals surface area contributed by atoms with Crippen molar-refractivity contribution in [1.29, 1.82) is 0 Å². The molecule has 1 aliphatic rings. The van der Waals surface area contributed by atoms with Gasteiger partial charge in [-0.3, -0.25) is 14.5 Å². The van der Waals surface area contributed by atoms with E-state index in [1.54, 1.807) is 18.2 Å². The van der Waals surface area contributed by atoms with Gasteiger partial charge in [0.25, 0.3) is 11.7 Å². The number of methoxy groups -OCH3 is 2. The number of benzene rings is 3. The van der Waals surface area contributed by atoms with Gasteiger partial charge in [0.2, 0.25) is 0 Å². The number of rotatable bonds is 5. The van der Waals surface area contributed by atoms with Gasteiger partial charge in [0.15, 0.2) is 11.5 Å². The second-order valence-corrected chi connectivity index (χ2v) is 8.32. The van der Waals surface area contributed by atoms with E-state index in [9.17, 15) is 24.9 Å². The van der Waals surface area contributed by atoms with Crippen LogP contribution in [0.1, 0.15) is 17.2 Å². The number of aromatic hydroxyl groups is 2. The van der Waals surface area contributed by atoms with Crippen molar-refractivity contribution in [3.8, 4) is 23.0 Å². The van der Waals surface area contributed by atoms with E-state index in [0.29, 0.717) is 5.56 Å². The number of carbonyl (C=O) groups excluding carboxylic acids is 2. The molecule has 3 N–H and O–H groups in total. The van der Waals surface area contributed by atoms with E-state index in [2.05, 4.69) is 0 Å². The van der Waals surface area contributed by atoms with Gasteiger partial charge in [-0.1, -0.05) is 47.5 Å². The molecular formula is C25H19Cl2NO7. The van der Waals surface area contributed by atoms with Crippen LogP contribution in [-0.2, 0) is 9.59 Å². The topological polar surface area (TPSA) is 117 Å². The summed E-state index contributed by atoms with van der Waals surface area (Å²) >= 11 is 12.6. The number of Topliss-reactive ketones (excluding diaryl/α,β-unsaturated/α-hetero) is 1. The number of aliphatic hydroxyl groups is 1. The monoisotopic (exact) mass is 515 g/mol. The minimum Gasteiger partial charge on any atom is -0.508 e. The summed E-state index contributed by atoms with van der Waals surface area (Å²) in [5, 5.41) is 31.9. The number of carbonyl (C=O) groups is 2. The molecule has 8 nitrogen and oxygen atoms in total. The number of halogens is 2. The summed E-state index contributed by atoms with van der Waals surface area (Å²) in [5.41, 5.74) is -0.0263. The predicted octanol–water partition coefficient (Wildman–Crippen LogP) is 5.05. The first-order chi connectivity index (χ1) is 16.7. The Hall–Kier alpha value is -3.88. The first kappa shape index (κ1) is 24.3. The maximum atomic E-state index is 13.3. The average molecular weight is 516 g/mol. The Morgan fingerprint density at radius 2 is 1.63 bits per heavy atom. The van der Waals surface area contributed by atoms with Crippen molar-refractivity contribution in [2.45, 2.75) is 6.04 Å². The molecule has 35 heavy (non-hydrogen) atoms. The third kappa shape index (κ3) is 4.00. The predicted molar refractivity (Wildman–Crippen MR) is 131 cm³/mol. The molecule has 0 aromatic heterocycles. The smallest absolute Gasteiger partial charge is 0.300 e. The Morgan fingerprint density at radius 1 is 0.943 bits per heavy atom. The van der Waals surface area contributed by atoms with Crippen molar-refractivity contribution in [1.82, 2.24) is 0 Å². The molecule has 4 rings (SSSR count). The number of phenolic OH excluding ortho intramolecular Hbond substituents is 2. The first-order valence-electron chi connectivity index (χ1n) is 10.2. The second-order valence-electron chi connectivity index (χ2n) is 7.54. The summed E-state index contributed by atoms with van der Waals surface area (Å²) in [6, 6.07) is 11.9. The molecule has 1 aliphatic heterocycles. The minimum absolute atomic E-state index is 0.0312. The number of aliphatic hydroxyl groups excluding tert-OH is 1. The Bertz CT molecular complexity index is 1390. The van der Waals surface area contributed by atoms with Crippen LogP contribution in [0.4, 0.5) is 5.69 Å². The summed E-state index contributed by atoms with van der Waals surface area (Å²) in [4.78, 5) is 27.6. The first-order valence-corrected chi connectivity index (χ1v) is 10.9. The summed E-state index contributed by atoms with van der Waals surface area (Å²) in [5.74, 6) is -2.95. The van der Waals surface area contributed by atoms with Crippen LogP contribution in [0.15, 0.2) is 60.2 Å². The highest BCUT2D eigenvalue weighted by atomic mass is 35.5. The fourth-order valence-electron chi connectivity index (χ4n) is 4.05. The van der Waals surface area contributed by atoms with Gasteiger partial charge in [-0.2, -0.15) is 0 Å². The quantitative estimate of drug-likeness (QED) is 0.247. The summed E-state index contributed by atoms with van der Waals surface area (Å²) in [6.07, 6.45) is 0. The van der Waals surface area contributed by atoms with Crippen LogP contribution in [0.2, 0.25) is 10.0 Å². The maximum absolute atomic E-state index is 13.3. The lowest BCUT2D eigenvalue weighted by molar-refractivity contribution is -0.132. The van der Waals surface area contributed by atoms with E-state index in [-0.39, 0.29) is 49.9 Å². The third-order valence-corrected chi connectivity index (χ3v) is 6.19. The summed E-state index contributed by atoms with van der Waals surface area (Å²) in [7, 11) is 2.66. The van der Waals surface area contributed by atoms with Crippen LogP contribution in [-0.4, -0.2) is 41.2 Å². The van der Waals surface area contributed by atoms with Gasteiger partial charge in [0, 0.05) is 0 Å². The zero-order valence-electron chi connectivity index (χ0n) is 18.5. The lowest BCUT2D eigenvalue weighted by atomic mass is 9.94. The van der Waals surface area contributed by atoms with Crippen LogP contribution in [0, 0.1) is 0 Å². The van der Waals surface area contributed by atoms with Crippen molar-refractivity contribution in [3.05, 3.63) is 81.3 Å². The molecular weight excluding hydrogens is 497 g/mol. The zero-order valence-corrected chi connectivity index (χ0v) is 20.0. The number of hydrogen-bond acceptors (Lipinski definition) is 7. The van der Waals surface area contributed by atoms with Gasteiger partial charge in [0.1, 0.15) is 22.3 Å². The van der Waals surface area contributed by atoms with Crippen molar-refractivity contribution in [3.63, 3.8) is 0 Å². The molecule has 1 heterocycles. The van der Waals surface area contributed by atoms with Crippen LogP contribution in [0.3, 0.4) is 0 Å². The number of phenols is 2. The number of nitrogens with zero attached hydrogens (tertiary/aromatic N) is 1. The van der Waals surface area contributed by atoms with Crippen LogP contribution < -0.4 is 14.4 Å². The summed E-state index contributed by atoms with van der Waals surface area (Å²) in [6.45, 7) is 0. The van der Waals surface area contributed by atoms with Crippen LogP contribution in [0.25, 0.3) is 5.76 Å². The molecule has 1 amide bonds. The van der Waals surface area contributed by atoms with E-state index in [4.69, 9.17) is 32.7 Å². The van der Waals surface area contributed by atoms with Gasteiger partial charge in [-0.25, -0.2) is 0 Å². The molecule has 3 aromatic rings. The molecule has 10 heteroatoms. The highest BCUT2D eigenvalue weighted by Gasteiger charge is 2.48. The van der Waals surface area contributed by atoms with Crippen LogP contribution >= 0.6 is 23.2 Å². The Kier molecular flexibility index (Phi) is 6.51. The lowest BCUT2D eigenvalue weighted by Gasteiger charge is -2.26. The second kappa shape index (κ2) is 9.40. The van der Waals surface area contributed by atoms with Gasteiger partial charge in [-0.05, 0) is 35.9 Å².